The van der Waals surface area contributed by atoms with E-state index < -0.39 is 49.1 Å². The fraction of sp³-hybridized carbons (Fsp3) is 0.600. The molecule has 3 N–H and O–H groups in total. The Balaban J connectivity index is 4.37. The largest absolute Gasteiger partial charge is 0.481 e. The Bertz CT molecular complexity index is 375. The topological polar surface area (TPSA) is 147 Å². The van der Waals surface area contributed by atoms with Crippen LogP contribution in [0.15, 0.2) is 0 Å². The van der Waals surface area contributed by atoms with Crippen molar-refractivity contribution in [2.75, 3.05) is 6.79 Å². The van der Waals surface area contributed by atoms with Crippen LogP contribution in [0.25, 0.3) is 0 Å². The Labute approximate surface area is 107 Å². The highest BCUT2D eigenvalue weighted by molar-refractivity contribution is 5.88. The summed E-state index contributed by atoms with van der Waals surface area (Å²) in [4.78, 5) is 43.0. The molecule has 9 heteroatoms. The number of hydrogen-bond acceptors (Lipinski definition) is 7. The third-order valence-electron chi connectivity index (χ3n) is 2.01. The van der Waals surface area contributed by atoms with Crippen LogP contribution < -0.4 is 0 Å². The molecule has 0 heterocycles. The maximum absolute atomic E-state index is 11.2. The molecule has 0 aliphatic carbocycles. The molecule has 0 fully saturated rings. The second-order valence-corrected chi connectivity index (χ2v) is 3.59. The SMILES string of the molecule is CCC(=O)OCOC(=O)CC(O)(CC(=O)O)C(=O)O. The van der Waals surface area contributed by atoms with Crippen molar-refractivity contribution in [3.8, 4) is 0 Å². The van der Waals surface area contributed by atoms with E-state index in [1.165, 1.54) is 6.92 Å². The number of hydrogen-bond donors (Lipinski definition) is 3. The van der Waals surface area contributed by atoms with Crippen LogP contribution in [0.5, 0.6) is 0 Å². The average Bonchev–Trinajstić information content (AvgIpc) is 2.27. The van der Waals surface area contributed by atoms with Gasteiger partial charge in [0.05, 0.1) is 12.8 Å². The van der Waals surface area contributed by atoms with Gasteiger partial charge in [-0.3, -0.25) is 14.4 Å². The molecule has 0 aromatic rings. The number of carboxylic acid groups (broad SMARTS) is 2. The molecule has 0 aromatic heterocycles. The standard InChI is InChI=1S/C10H14O9/c1-2-7(13)18-5-19-8(14)4-10(17,9(15)16)3-6(11)12/h17H,2-5H2,1H3,(H,11,12)(H,15,16). The summed E-state index contributed by atoms with van der Waals surface area (Å²) >= 11 is 0. The molecule has 0 saturated carbocycles. The van der Waals surface area contributed by atoms with E-state index in [2.05, 4.69) is 9.47 Å². The van der Waals surface area contributed by atoms with Crippen LogP contribution in [0.3, 0.4) is 0 Å². The zero-order chi connectivity index (χ0) is 15.1. The number of carboxylic acids is 2. The second-order valence-electron chi connectivity index (χ2n) is 3.59. The summed E-state index contributed by atoms with van der Waals surface area (Å²) in [5.74, 6) is -5.28. The smallest absolute Gasteiger partial charge is 0.336 e. The fourth-order valence-corrected chi connectivity index (χ4v) is 1.02. The Morgan fingerprint density at radius 2 is 1.53 bits per heavy atom. The molecule has 1 unspecified atom stereocenters. The van der Waals surface area contributed by atoms with E-state index in [0.29, 0.717) is 0 Å². The van der Waals surface area contributed by atoms with Gasteiger partial charge in [0.25, 0.3) is 0 Å². The molecule has 0 aromatic carbocycles. The normalized spacial score (nSPS) is 13.2. The molecule has 0 bridgehead atoms. The number of ether oxygens (including phenoxy) is 2. The summed E-state index contributed by atoms with van der Waals surface area (Å²) in [6.45, 7) is 0.786. The van der Waals surface area contributed by atoms with Crippen molar-refractivity contribution >= 4 is 23.9 Å². The molecule has 0 aliphatic rings. The predicted octanol–water partition coefficient (Wildman–Crippen LogP) is -0.879. The second kappa shape index (κ2) is 7.31. The molecule has 0 spiro atoms. The molecule has 19 heavy (non-hydrogen) atoms. The highest BCUT2D eigenvalue weighted by atomic mass is 16.7. The minimum Gasteiger partial charge on any atom is -0.481 e. The monoisotopic (exact) mass is 278 g/mol. The van der Waals surface area contributed by atoms with Gasteiger partial charge in [0, 0.05) is 6.42 Å². The minimum absolute atomic E-state index is 0.0651. The van der Waals surface area contributed by atoms with Gasteiger partial charge in [-0.25, -0.2) is 4.79 Å². The van der Waals surface area contributed by atoms with Crippen LogP contribution >= 0.6 is 0 Å². The van der Waals surface area contributed by atoms with Gasteiger partial charge in [-0.15, -0.1) is 0 Å². The summed E-state index contributed by atoms with van der Waals surface area (Å²) < 4.78 is 8.73. The van der Waals surface area contributed by atoms with Gasteiger partial charge in [-0.1, -0.05) is 6.92 Å². The molecule has 0 saturated heterocycles. The molecule has 9 nitrogen and oxygen atoms in total. The summed E-state index contributed by atoms with van der Waals surface area (Å²) in [6.07, 6.45) is -2.17. The van der Waals surface area contributed by atoms with Crippen molar-refractivity contribution in [2.45, 2.75) is 31.8 Å². The van der Waals surface area contributed by atoms with Crippen molar-refractivity contribution in [3.05, 3.63) is 0 Å². The molecular formula is C10H14O9. The lowest BCUT2D eigenvalue weighted by atomic mass is 9.96. The number of aliphatic hydroxyl groups is 1. The van der Waals surface area contributed by atoms with E-state index in [0.717, 1.165) is 0 Å². The zero-order valence-electron chi connectivity index (χ0n) is 10.1. The van der Waals surface area contributed by atoms with Crippen molar-refractivity contribution in [1.82, 2.24) is 0 Å². The Kier molecular flexibility index (Phi) is 6.48. The van der Waals surface area contributed by atoms with Crippen molar-refractivity contribution in [3.63, 3.8) is 0 Å². The van der Waals surface area contributed by atoms with Gasteiger partial charge in [-0.2, -0.15) is 0 Å². The summed E-state index contributed by atoms with van der Waals surface area (Å²) in [5.41, 5.74) is -2.77. The lowest BCUT2D eigenvalue weighted by Crippen LogP contribution is -2.43. The van der Waals surface area contributed by atoms with E-state index in [-0.39, 0.29) is 6.42 Å². The molecule has 108 valence electrons. The molecule has 0 radical (unpaired) electrons. The van der Waals surface area contributed by atoms with Gasteiger partial charge in [0.1, 0.15) is 0 Å². The van der Waals surface area contributed by atoms with Crippen LogP contribution in [0.1, 0.15) is 26.2 Å². The molecule has 0 amide bonds. The summed E-state index contributed by atoms with van der Waals surface area (Å²) in [7, 11) is 0. The first-order chi connectivity index (χ1) is 8.71. The first-order valence-electron chi connectivity index (χ1n) is 5.20. The lowest BCUT2D eigenvalue weighted by Gasteiger charge is -2.20. The summed E-state index contributed by atoms with van der Waals surface area (Å²) in [6, 6.07) is 0. The number of rotatable bonds is 8. The Hall–Kier alpha value is -2.16. The van der Waals surface area contributed by atoms with Crippen LogP contribution in [0.2, 0.25) is 0 Å². The van der Waals surface area contributed by atoms with Gasteiger partial charge in [-0.05, 0) is 0 Å². The van der Waals surface area contributed by atoms with Crippen molar-refractivity contribution in [1.29, 1.82) is 0 Å². The number of carbonyl (C=O) groups excluding carboxylic acids is 2. The van der Waals surface area contributed by atoms with E-state index in [9.17, 15) is 24.3 Å². The average molecular weight is 278 g/mol. The quantitative estimate of drug-likeness (QED) is 0.380. The van der Waals surface area contributed by atoms with Crippen LogP contribution in [-0.4, -0.2) is 51.6 Å². The first kappa shape index (κ1) is 16.8. The third-order valence-corrected chi connectivity index (χ3v) is 2.01. The minimum atomic E-state index is -2.77. The summed E-state index contributed by atoms with van der Waals surface area (Å²) in [5, 5.41) is 26.6. The van der Waals surface area contributed by atoms with Gasteiger partial charge < -0.3 is 24.8 Å². The first-order valence-corrected chi connectivity index (χ1v) is 5.20. The van der Waals surface area contributed by atoms with Crippen molar-refractivity contribution in [2.24, 2.45) is 0 Å². The molecular weight excluding hydrogens is 264 g/mol. The number of esters is 2. The van der Waals surface area contributed by atoms with Gasteiger partial charge in [0.15, 0.2) is 5.60 Å². The number of aliphatic carboxylic acids is 2. The number of carbonyl (C=O) groups is 4. The fourth-order valence-electron chi connectivity index (χ4n) is 1.02. The molecule has 0 aliphatic heterocycles. The highest BCUT2D eigenvalue weighted by Crippen LogP contribution is 2.17. The zero-order valence-corrected chi connectivity index (χ0v) is 10.1. The highest BCUT2D eigenvalue weighted by Gasteiger charge is 2.41. The third kappa shape index (κ3) is 6.36. The van der Waals surface area contributed by atoms with E-state index in [1.54, 1.807) is 0 Å². The lowest BCUT2D eigenvalue weighted by molar-refractivity contribution is -0.178. The Morgan fingerprint density at radius 1 is 1.00 bits per heavy atom. The predicted molar refractivity (Wildman–Crippen MR) is 56.8 cm³/mol. The van der Waals surface area contributed by atoms with Crippen molar-refractivity contribution < 1.29 is 44.0 Å². The molecule has 0 rings (SSSR count). The maximum Gasteiger partial charge on any atom is 0.336 e. The molecule has 1 atom stereocenters. The van der Waals surface area contributed by atoms with Crippen LogP contribution in [0, 0.1) is 0 Å². The van der Waals surface area contributed by atoms with E-state index in [4.69, 9.17) is 10.2 Å². The van der Waals surface area contributed by atoms with Gasteiger partial charge in [0.2, 0.25) is 6.79 Å². The van der Waals surface area contributed by atoms with E-state index >= 15 is 0 Å². The van der Waals surface area contributed by atoms with Crippen LogP contribution in [0.4, 0.5) is 0 Å². The maximum atomic E-state index is 11.2. The Morgan fingerprint density at radius 3 is 1.95 bits per heavy atom. The van der Waals surface area contributed by atoms with E-state index in [1.807, 2.05) is 0 Å². The van der Waals surface area contributed by atoms with Crippen LogP contribution in [-0.2, 0) is 28.7 Å². The van der Waals surface area contributed by atoms with Gasteiger partial charge >= 0.3 is 23.9 Å².